The predicted octanol–water partition coefficient (Wildman–Crippen LogP) is 5.47. The van der Waals surface area contributed by atoms with Crippen molar-refractivity contribution in [3.05, 3.63) is 53.1 Å². The van der Waals surface area contributed by atoms with Gasteiger partial charge in [0.2, 0.25) is 0 Å². The van der Waals surface area contributed by atoms with Gasteiger partial charge in [0.05, 0.1) is 10.7 Å². The number of benzene rings is 2. The van der Waals surface area contributed by atoms with Crippen LogP contribution in [-0.4, -0.2) is 11.7 Å². The quantitative estimate of drug-likeness (QED) is 0.386. The van der Waals surface area contributed by atoms with Crippen molar-refractivity contribution in [3.63, 3.8) is 0 Å². The van der Waals surface area contributed by atoms with Crippen molar-refractivity contribution >= 4 is 40.7 Å². The van der Waals surface area contributed by atoms with Gasteiger partial charge in [-0.25, -0.2) is 0 Å². The Morgan fingerprint density at radius 1 is 1.14 bits per heavy atom. The van der Waals surface area contributed by atoms with Crippen LogP contribution in [0.25, 0.3) is 0 Å². The first-order valence-corrected chi connectivity index (χ1v) is 8.62. The van der Waals surface area contributed by atoms with E-state index in [9.17, 15) is 0 Å². The number of hydrogen-bond donors (Lipinski definition) is 3. The summed E-state index contributed by atoms with van der Waals surface area (Å²) in [4.78, 5) is 1.13. The molecule has 0 heterocycles. The number of nitrogens with one attached hydrogen (secondary N) is 3. The molecule has 0 bridgehead atoms. The smallest absolute Gasteiger partial charge is 0.197 e. The number of halogens is 1. The number of anilines is 2. The van der Waals surface area contributed by atoms with Crippen molar-refractivity contribution < 1.29 is 0 Å². The SMILES string of the molecule is CCSc1ccc(Cl)c(NC(=N)Nc2cccc(CC)c2)c1. The van der Waals surface area contributed by atoms with Crippen LogP contribution in [-0.2, 0) is 6.42 Å². The van der Waals surface area contributed by atoms with Gasteiger partial charge >= 0.3 is 0 Å². The van der Waals surface area contributed by atoms with E-state index in [4.69, 9.17) is 17.0 Å². The van der Waals surface area contributed by atoms with E-state index >= 15 is 0 Å². The lowest BCUT2D eigenvalue weighted by atomic mass is 10.1. The lowest BCUT2D eigenvalue weighted by Crippen LogP contribution is -2.20. The number of aryl methyl sites for hydroxylation is 1. The van der Waals surface area contributed by atoms with Gasteiger partial charge in [0.1, 0.15) is 0 Å². The molecule has 22 heavy (non-hydrogen) atoms. The van der Waals surface area contributed by atoms with Crippen molar-refractivity contribution in [3.8, 4) is 0 Å². The highest BCUT2D eigenvalue weighted by atomic mass is 35.5. The van der Waals surface area contributed by atoms with Crippen LogP contribution >= 0.6 is 23.4 Å². The van der Waals surface area contributed by atoms with Crippen LogP contribution in [0.4, 0.5) is 11.4 Å². The van der Waals surface area contributed by atoms with E-state index in [2.05, 4.69) is 30.5 Å². The van der Waals surface area contributed by atoms with Gasteiger partial charge in [-0.2, -0.15) is 0 Å². The third-order valence-corrected chi connectivity index (χ3v) is 4.32. The molecule has 116 valence electrons. The molecule has 2 rings (SSSR count). The zero-order valence-electron chi connectivity index (χ0n) is 12.7. The van der Waals surface area contributed by atoms with Crippen LogP contribution in [0.15, 0.2) is 47.4 Å². The summed E-state index contributed by atoms with van der Waals surface area (Å²) >= 11 is 7.94. The number of guanidine groups is 1. The Balaban J connectivity index is 2.06. The first-order chi connectivity index (χ1) is 10.6. The van der Waals surface area contributed by atoms with E-state index in [0.29, 0.717) is 5.02 Å². The highest BCUT2D eigenvalue weighted by Gasteiger charge is 2.05. The van der Waals surface area contributed by atoms with E-state index in [1.807, 2.05) is 36.4 Å². The second kappa shape index (κ2) is 8.11. The molecular formula is C17H20ClN3S. The minimum atomic E-state index is 0.203. The molecule has 0 unspecified atom stereocenters. The number of hydrogen-bond acceptors (Lipinski definition) is 2. The zero-order valence-corrected chi connectivity index (χ0v) is 14.3. The molecule has 0 saturated carbocycles. The van der Waals surface area contributed by atoms with Crippen molar-refractivity contribution in [2.45, 2.75) is 25.2 Å². The monoisotopic (exact) mass is 333 g/mol. The third kappa shape index (κ3) is 4.68. The van der Waals surface area contributed by atoms with Crippen molar-refractivity contribution in [2.75, 3.05) is 16.4 Å². The maximum atomic E-state index is 8.07. The van der Waals surface area contributed by atoms with E-state index in [0.717, 1.165) is 28.4 Å². The fraction of sp³-hybridized carbons (Fsp3) is 0.235. The molecule has 0 aliphatic carbocycles. The molecule has 0 atom stereocenters. The van der Waals surface area contributed by atoms with Crippen molar-refractivity contribution in [1.29, 1.82) is 5.41 Å². The molecule has 2 aromatic carbocycles. The number of thioether (sulfide) groups is 1. The highest BCUT2D eigenvalue weighted by Crippen LogP contribution is 2.28. The molecule has 3 nitrogen and oxygen atoms in total. The van der Waals surface area contributed by atoms with E-state index in [1.165, 1.54) is 5.56 Å². The van der Waals surface area contributed by atoms with Crippen LogP contribution in [0.2, 0.25) is 5.02 Å². The van der Waals surface area contributed by atoms with Crippen LogP contribution in [0.1, 0.15) is 19.4 Å². The normalized spacial score (nSPS) is 10.3. The second-order valence-electron chi connectivity index (χ2n) is 4.75. The Kier molecular flexibility index (Phi) is 6.16. The summed E-state index contributed by atoms with van der Waals surface area (Å²) in [5.41, 5.74) is 2.87. The fourth-order valence-electron chi connectivity index (χ4n) is 2.04. The standard InChI is InChI=1S/C17H20ClN3S/c1-3-12-6-5-7-13(10-12)20-17(19)21-16-11-14(22-4-2)8-9-15(16)18/h5-11H,3-4H2,1-2H3,(H3,19,20,21). The second-order valence-corrected chi connectivity index (χ2v) is 6.50. The predicted molar refractivity (Wildman–Crippen MR) is 98.6 cm³/mol. The molecule has 3 N–H and O–H groups in total. The number of rotatable bonds is 5. The lowest BCUT2D eigenvalue weighted by Gasteiger charge is -2.13. The van der Waals surface area contributed by atoms with Crippen LogP contribution in [0, 0.1) is 5.41 Å². The van der Waals surface area contributed by atoms with Crippen molar-refractivity contribution in [1.82, 2.24) is 0 Å². The zero-order chi connectivity index (χ0) is 15.9. The summed E-state index contributed by atoms with van der Waals surface area (Å²) in [6.45, 7) is 4.22. The summed E-state index contributed by atoms with van der Waals surface area (Å²) in [6.07, 6.45) is 0.971. The Morgan fingerprint density at radius 2 is 1.95 bits per heavy atom. The Morgan fingerprint density at radius 3 is 2.68 bits per heavy atom. The van der Waals surface area contributed by atoms with Gasteiger partial charge in [-0.15, -0.1) is 11.8 Å². The average molecular weight is 334 g/mol. The van der Waals surface area contributed by atoms with Gasteiger partial charge in [0, 0.05) is 10.6 Å². The summed E-state index contributed by atoms with van der Waals surface area (Å²) in [5, 5.41) is 14.8. The van der Waals surface area contributed by atoms with Gasteiger partial charge in [-0.1, -0.05) is 37.6 Å². The first kappa shape index (κ1) is 16.7. The van der Waals surface area contributed by atoms with Crippen LogP contribution < -0.4 is 10.6 Å². The van der Waals surface area contributed by atoms with Gasteiger partial charge in [0.15, 0.2) is 5.96 Å². The van der Waals surface area contributed by atoms with E-state index in [-0.39, 0.29) is 5.96 Å². The lowest BCUT2D eigenvalue weighted by molar-refractivity contribution is 1.14. The van der Waals surface area contributed by atoms with Crippen molar-refractivity contribution in [2.24, 2.45) is 0 Å². The highest BCUT2D eigenvalue weighted by molar-refractivity contribution is 7.99. The molecule has 0 amide bonds. The molecule has 0 saturated heterocycles. The molecule has 2 aromatic rings. The van der Waals surface area contributed by atoms with E-state index < -0.39 is 0 Å². The molecule has 0 radical (unpaired) electrons. The molecule has 0 spiro atoms. The Labute approximate surface area is 141 Å². The Hall–Kier alpha value is -1.65. The molecular weight excluding hydrogens is 314 g/mol. The Bertz CT molecular complexity index is 658. The van der Waals surface area contributed by atoms with Gasteiger partial charge < -0.3 is 10.6 Å². The van der Waals surface area contributed by atoms with Gasteiger partial charge in [-0.05, 0) is 48.1 Å². The topological polar surface area (TPSA) is 47.9 Å². The summed E-state index contributed by atoms with van der Waals surface area (Å²) in [7, 11) is 0. The van der Waals surface area contributed by atoms with Gasteiger partial charge in [0.25, 0.3) is 0 Å². The van der Waals surface area contributed by atoms with Gasteiger partial charge in [-0.3, -0.25) is 5.41 Å². The molecule has 5 heteroatoms. The fourth-order valence-corrected chi connectivity index (χ4v) is 2.90. The summed E-state index contributed by atoms with van der Waals surface area (Å²) in [5.74, 6) is 1.20. The van der Waals surface area contributed by atoms with Crippen LogP contribution in [0.3, 0.4) is 0 Å². The average Bonchev–Trinajstić information content (AvgIpc) is 2.51. The minimum Gasteiger partial charge on any atom is -0.326 e. The molecule has 0 aromatic heterocycles. The largest absolute Gasteiger partial charge is 0.326 e. The maximum Gasteiger partial charge on any atom is 0.197 e. The minimum absolute atomic E-state index is 0.203. The molecule has 0 fully saturated rings. The van der Waals surface area contributed by atoms with E-state index in [1.54, 1.807) is 11.8 Å². The maximum absolute atomic E-state index is 8.07. The summed E-state index contributed by atoms with van der Waals surface area (Å²) < 4.78 is 0. The molecule has 0 aliphatic rings. The first-order valence-electron chi connectivity index (χ1n) is 7.26. The third-order valence-electron chi connectivity index (χ3n) is 3.11. The summed E-state index contributed by atoms with van der Waals surface area (Å²) in [6, 6.07) is 13.9. The van der Waals surface area contributed by atoms with Crippen LogP contribution in [0.5, 0.6) is 0 Å². The molecule has 0 aliphatic heterocycles.